The van der Waals surface area contributed by atoms with Crippen LogP contribution < -0.4 is 5.32 Å². The fourth-order valence-electron chi connectivity index (χ4n) is 1.43. The summed E-state index contributed by atoms with van der Waals surface area (Å²) in [5.74, 6) is -1.91. The molecule has 0 aliphatic carbocycles. The van der Waals surface area contributed by atoms with E-state index < -0.39 is 17.5 Å². The second-order valence-corrected chi connectivity index (χ2v) is 4.62. The van der Waals surface area contributed by atoms with Crippen LogP contribution in [0.4, 0.5) is 8.78 Å². The van der Waals surface area contributed by atoms with Gasteiger partial charge in [0.1, 0.15) is 11.6 Å². The van der Waals surface area contributed by atoms with Crippen molar-refractivity contribution in [1.82, 2.24) is 5.32 Å². The van der Waals surface area contributed by atoms with Crippen molar-refractivity contribution in [2.45, 2.75) is 25.8 Å². The molecule has 1 aromatic rings. The summed E-state index contributed by atoms with van der Waals surface area (Å²) in [6.07, 6.45) is 1.70. The Labute approximate surface area is 108 Å². The first-order chi connectivity index (χ1) is 8.04. The molecule has 2 nitrogen and oxygen atoms in total. The first kappa shape index (κ1) is 14.1. The molecule has 0 saturated carbocycles. The molecule has 5 heteroatoms. The number of alkyl halides is 1. The molecule has 0 saturated heterocycles. The summed E-state index contributed by atoms with van der Waals surface area (Å²) in [6, 6.07) is 2.78. The van der Waals surface area contributed by atoms with E-state index >= 15 is 0 Å². The summed E-state index contributed by atoms with van der Waals surface area (Å²) in [7, 11) is 0. The number of rotatable bonds is 5. The monoisotopic (exact) mass is 305 g/mol. The average molecular weight is 306 g/mol. The van der Waals surface area contributed by atoms with Crippen LogP contribution in [-0.4, -0.2) is 17.3 Å². The lowest BCUT2D eigenvalue weighted by Crippen LogP contribution is -2.33. The fraction of sp³-hybridized carbons (Fsp3) is 0.417. The number of hydrogen-bond donors (Lipinski definition) is 1. The van der Waals surface area contributed by atoms with E-state index in [2.05, 4.69) is 21.2 Å². The third-order valence-electron chi connectivity index (χ3n) is 2.32. The van der Waals surface area contributed by atoms with Gasteiger partial charge in [0, 0.05) is 11.4 Å². The average Bonchev–Trinajstić information content (AvgIpc) is 2.29. The van der Waals surface area contributed by atoms with E-state index in [0.29, 0.717) is 0 Å². The van der Waals surface area contributed by atoms with E-state index in [9.17, 15) is 13.6 Å². The zero-order valence-electron chi connectivity index (χ0n) is 9.47. The van der Waals surface area contributed by atoms with Crippen molar-refractivity contribution in [3.05, 3.63) is 35.4 Å². The smallest absolute Gasteiger partial charge is 0.254 e. The van der Waals surface area contributed by atoms with Crippen LogP contribution in [0.1, 0.15) is 30.1 Å². The third kappa shape index (κ3) is 4.42. The van der Waals surface area contributed by atoms with Gasteiger partial charge in [0.05, 0.1) is 5.56 Å². The molecule has 94 valence electrons. The van der Waals surface area contributed by atoms with Crippen molar-refractivity contribution < 1.29 is 13.6 Å². The van der Waals surface area contributed by atoms with Gasteiger partial charge in [0.2, 0.25) is 0 Å². The molecule has 1 rings (SSSR count). The minimum absolute atomic E-state index is 0.0669. The van der Waals surface area contributed by atoms with Crippen LogP contribution in [0.2, 0.25) is 0 Å². The first-order valence-electron chi connectivity index (χ1n) is 5.36. The summed E-state index contributed by atoms with van der Waals surface area (Å²) < 4.78 is 26.2. The molecule has 0 bridgehead atoms. The summed E-state index contributed by atoms with van der Waals surface area (Å²) in [4.78, 5) is 11.7. The third-order valence-corrected chi connectivity index (χ3v) is 2.88. The Balaban J connectivity index is 2.66. The predicted octanol–water partition coefficient (Wildman–Crippen LogP) is 3.26. The molecule has 17 heavy (non-hydrogen) atoms. The van der Waals surface area contributed by atoms with Gasteiger partial charge >= 0.3 is 0 Å². The second-order valence-electron chi connectivity index (χ2n) is 3.83. The Morgan fingerprint density at radius 2 is 2.18 bits per heavy atom. The Hall–Kier alpha value is -0.970. The van der Waals surface area contributed by atoms with Crippen molar-refractivity contribution in [3.63, 3.8) is 0 Å². The molecule has 0 aliphatic heterocycles. The normalized spacial score (nSPS) is 12.2. The van der Waals surface area contributed by atoms with Crippen LogP contribution in [-0.2, 0) is 0 Å². The first-order valence-corrected chi connectivity index (χ1v) is 6.48. The molecule has 0 spiro atoms. The molecule has 1 unspecified atom stereocenters. The topological polar surface area (TPSA) is 29.1 Å². The quantitative estimate of drug-likeness (QED) is 0.831. The Kier molecular flexibility index (Phi) is 5.55. The SMILES string of the molecule is CC(CCCBr)NC(=O)c1cc(F)ccc1F. The van der Waals surface area contributed by atoms with Crippen molar-refractivity contribution in [2.24, 2.45) is 0 Å². The Bertz CT molecular complexity index is 398. The molecule has 1 aromatic carbocycles. The van der Waals surface area contributed by atoms with Gasteiger partial charge in [-0.25, -0.2) is 8.78 Å². The van der Waals surface area contributed by atoms with Crippen LogP contribution in [0.3, 0.4) is 0 Å². The summed E-state index contributed by atoms with van der Waals surface area (Å²) in [5, 5.41) is 3.48. The van der Waals surface area contributed by atoms with Crippen molar-refractivity contribution >= 4 is 21.8 Å². The van der Waals surface area contributed by atoms with E-state index in [1.807, 2.05) is 6.92 Å². The maximum atomic E-state index is 13.3. The van der Waals surface area contributed by atoms with Crippen LogP contribution in [0.15, 0.2) is 18.2 Å². The molecular formula is C12H14BrF2NO. The van der Waals surface area contributed by atoms with Crippen LogP contribution in [0, 0.1) is 11.6 Å². The molecule has 0 radical (unpaired) electrons. The highest BCUT2D eigenvalue weighted by atomic mass is 79.9. The number of benzene rings is 1. The molecule has 0 heterocycles. The molecule has 0 aliphatic rings. The van der Waals surface area contributed by atoms with E-state index in [0.717, 1.165) is 36.4 Å². The van der Waals surface area contributed by atoms with Gasteiger partial charge in [-0.1, -0.05) is 15.9 Å². The summed E-state index contributed by atoms with van der Waals surface area (Å²) in [5.41, 5.74) is -0.254. The van der Waals surface area contributed by atoms with Gasteiger partial charge < -0.3 is 5.32 Å². The summed E-state index contributed by atoms with van der Waals surface area (Å²) in [6.45, 7) is 1.83. The highest BCUT2D eigenvalue weighted by molar-refractivity contribution is 9.09. The number of amides is 1. The lowest BCUT2D eigenvalue weighted by Gasteiger charge is -2.13. The van der Waals surface area contributed by atoms with Gasteiger partial charge in [0.15, 0.2) is 0 Å². The van der Waals surface area contributed by atoms with Crippen molar-refractivity contribution in [1.29, 1.82) is 0 Å². The lowest BCUT2D eigenvalue weighted by atomic mass is 10.1. The molecule has 0 fully saturated rings. The highest BCUT2D eigenvalue weighted by Gasteiger charge is 2.14. The molecule has 1 N–H and O–H groups in total. The number of carbonyl (C=O) groups excluding carboxylic acids is 1. The molecule has 0 aromatic heterocycles. The fourth-order valence-corrected chi connectivity index (χ4v) is 1.75. The zero-order valence-corrected chi connectivity index (χ0v) is 11.1. The van der Waals surface area contributed by atoms with Crippen LogP contribution in [0.5, 0.6) is 0 Å². The van der Waals surface area contributed by atoms with Crippen LogP contribution in [0.25, 0.3) is 0 Å². The number of nitrogens with one attached hydrogen (secondary N) is 1. The highest BCUT2D eigenvalue weighted by Crippen LogP contribution is 2.10. The number of hydrogen-bond acceptors (Lipinski definition) is 1. The number of carbonyl (C=O) groups is 1. The molecular weight excluding hydrogens is 292 g/mol. The maximum absolute atomic E-state index is 13.3. The maximum Gasteiger partial charge on any atom is 0.254 e. The Morgan fingerprint density at radius 3 is 2.82 bits per heavy atom. The zero-order chi connectivity index (χ0) is 12.8. The summed E-state index contributed by atoms with van der Waals surface area (Å²) >= 11 is 3.29. The lowest BCUT2D eigenvalue weighted by molar-refractivity contribution is 0.0934. The van der Waals surface area contributed by atoms with E-state index in [4.69, 9.17) is 0 Å². The molecule has 1 atom stereocenters. The largest absolute Gasteiger partial charge is 0.349 e. The van der Waals surface area contributed by atoms with Gasteiger partial charge in [-0.3, -0.25) is 4.79 Å². The van der Waals surface area contributed by atoms with E-state index in [1.165, 1.54) is 0 Å². The number of halogens is 3. The van der Waals surface area contributed by atoms with Crippen molar-refractivity contribution in [3.8, 4) is 0 Å². The van der Waals surface area contributed by atoms with Crippen LogP contribution >= 0.6 is 15.9 Å². The molecule has 1 amide bonds. The van der Waals surface area contributed by atoms with Crippen molar-refractivity contribution in [2.75, 3.05) is 5.33 Å². The Morgan fingerprint density at radius 1 is 1.47 bits per heavy atom. The second kappa shape index (κ2) is 6.69. The van der Waals surface area contributed by atoms with Gasteiger partial charge in [0.25, 0.3) is 5.91 Å². The van der Waals surface area contributed by atoms with Gasteiger partial charge in [-0.15, -0.1) is 0 Å². The van der Waals surface area contributed by atoms with Gasteiger partial charge in [-0.2, -0.15) is 0 Å². The van der Waals surface area contributed by atoms with Gasteiger partial charge in [-0.05, 0) is 38.0 Å². The minimum atomic E-state index is -0.711. The standard InChI is InChI=1S/C12H14BrF2NO/c1-8(3-2-6-13)16-12(17)10-7-9(14)4-5-11(10)15/h4-5,7-8H,2-3,6H2,1H3,(H,16,17). The van der Waals surface area contributed by atoms with E-state index in [-0.39, 0.29) is 11.6 Å². The predicted molar refractivity (Wildman–Crippen MR) is 66.3 cm³/mol. The minimum Gasteiger partial charge on any atom is -0.349 e. The van der Waals surface area contributed by atoms with E-state index in [1.54, 1.807) is 0 Å².